The van der Waals surface area contributed by atoms with E-state index in [-0.39, 0.29) is 5.41 Å². The van der Waals surface area contributed by atoms with Crippen molar-refractivity contribution in [2.75, 3.05) is 47.0 Å². The molecule has 3 heteroatoms. The Morgan fingerprint density at radius 1 is 1.03 bits per heavy atom. The molecule has 3 nitrogen and oxygen atoms in total. The Morgan fingerprint density at radius 3 is 2.27 bits per heavy atom. The lowest BCUT2D eigenvalue weighted by Crippen LogP contribution is -2.43. The van der Waals surface area contributed by atoms with Gasteiger partial charge in [-0.3, -0.25) is 0 Å². The highest BCUT2D eigenvalue weighted by Gasteiger charge is 2.20. The number of rotatable bonds is 16. The molecule has 0 aliphatic rings. The van der Waals surface area contributed by atoms with Crippen molar-refractivity contribution in [2.45, 2.75) is 72.6 Å². The maximum absolute atomic E-state index is 5.87. The third-order valence-electron chi connectivity index (χ3n) is 5.75. The minimum Gasteiger partial charge on any atom is -0.491 e. The average Bonchev–Trinajstić information content (AvgIpc) is 2.80. The van der Waals surface area contributed by atoms with Gasteiger partial charge in [-0.05, 0) is 36.5 Å². The van der Waals surface area contributed by atoms with E-state index in [1.54, 1.807) is 0 Å². The SMILES string of the molecule is C=C/C(=C\C=C/C)C[N+](C)(C)CCOCCOc1ccc(C(C)(C)CCCCC)cc1.CC. The molecule has 0 saturated carbocycles. The second-order valence-corrected chi connectivity index (χ2v) is 9.62. The lowest BCUT2D eigenvalue weighted by Gasteiger charge is -2.30. The quantitative estimate of drug-likeness (QED) is 0.143. The molecule has 0 saturated heterocycles. The molecular weight excluding hydrogens is 406 g/mol. The van der Waals surface area contributed by atoms with Gasteiger partial charge in [-0.2, -0.15) is 0 Å². The molecule has 1 rings (SSSR count). The summed E-state index contributed by atoms with van der Waals surface area (Å²) in [6, 6.07) is 8.59. The van der Waals surface area contributed by atoms with Crippen LogP contribution in [0.15, 0.2) is 60.7 Å². The van der Waals surface area contributed by atoms with Gasteiger partial charge in [-0.15, -0.1) is 0 Å². The normalized spacial score (nSPS) is 12.4. The molecule has 0 bridgehead atoms. The Kier molecular flexibility index (Phi) is 16.6. The van der Waals surface area contributed by atoms with E-state index in [1.807, 2.05) is 32.9 Å². The zero-order valence-corrected chi connectivity index (χ0v) is 23.0. The van der Waals surface area contributed by atoms with Gasteiger partial charge < -0.3 is 14.0 Å². The average molecular weight is 459 g/mol. The molecule has 1 aromatic rings. The van der Waals surface area contributed by atoms with Gasteiger partial charge in [0.05, 0.1) is 27.3 Å². The van der Waals surface area contributed by atoms with Crippen LogP contribution < -0.4 is 4.74 Å². The molecule has 33 heavy (non-hydrogen) atoms. The molecule has 0 radical (unpaired) electrons. The van der Waals surface area contributed by atoms with E-state index in [2.05, 4.69) is 77.9 Å². The lowest BCUT2D eigenvalue weighted by atomic mass is 9.80. The van der Waals surface area contributed by atoms with Crippen LogP contribution in [0.1, 0.15) is 72.8 Å². The largest absolute Gasteiger partial charge is 0.491 e. The van der Waals surface area contributed by atoms with Crippen molar-refractivity contribution < 1.29 is 14.0 Å². The highest BCUT2D eigenvalue weighted by Crippen LogP contribution is 2.30. The molecule has 0 unspecified atom stereocenters. The van der Waals surface area contributed by atoms with Crippen molar-refractivity contribution in [1.82, 2.24) is 0 Å². The number of hydrogen-bond donors (Lipinski definition) is 0. The molecule has 0 heterocycles. The Bertz CT molecular complexity index is 684. The number of allylic oxidation sites excluding steroid dienone is 3. The highest BCUT2D eigenvalue weighted by atomic mass is 16.5. The molecule has 0 aliphatic carbocycles. The minimum absolute atomic E-state index is 0.218. The van der Waals surface area contributed by atoms with Crippen LogP contribution in [0.5, 0.6) is 5.75 Å². The number of nitrogens with zero attached hydrogens (tertiary/aromatic N) is 1. The smallest absolute Gasteiger partial charge is 0.119 e. The topological polar surface area (TPSA) is 18.5 Å². The summed E-state index contributed by atoms with van der Waals surface area (Å²) >= 11 is 0. The molecule has 188 valence electrons. The number of hydrogen-bond acceptors (Lipinski definition) is 2. The van der Waals surface area contributed by atoms with Gasteiger partial charge in [-0.25, -0.2) is 0 Å². The zero-order valence-electron chi connectivity index (χ0n) is 23.0. The van der Waals surface area contributed by atoms with E-state index in [4.69, 9.17) is 9.47 Å². The summed E-state index contributed by atoms with van der Waals surface area (Å²) in [5.74, 6) is 0.914. The summed E-state index contributed by atoms with van der Waals surface area (Å²) in [6.07, 6.45) is 13.2. The number of benzene rings is 1. The Balaban J connectivity index is 0.00000497. The summed E-state index contributed by atoms with van der Waals surface area (Å²) in [5, 5.41) is 0. The van der Waals surface area contributed by atoms with Crippen LogP contribution in [-0.4, -0.2) is 51.5 Å². The van der Waals surface area contributed by atoms with E-state index in [0.29, 0.717) is 13.2 Å². The third-order valence-corrected chi connectivity index (χ3v) is 5.75. The van der Waals surface area contributed by atoms with Gasteiger partial charge in [0.25, 0.3) is 0 Å². The first-order valence-electron chi connectivity index (χ1n) is 12.8. The van der Waals surface area contributed by atoms with Crippen molar-refractivity contribution in [3.8, 4) is 5.75 Å². The van der Waals surface area contributed by atoms with Crippen LogP contribution in [0.25, 0.3) is 0 Å². The fraction of sp³-hybridized carbons (Fsp3) is 0.600. The number of ether oxygens (including phenoxy) is 2. The van der Waals surface area contributed by atoms with Gasteiger partial charge in [0.1, 0.15) is 25.4 Å². The zero-order chi connectivity index (χ0) is 25.2. The van der Waals surface area contributed by atoms with E-state index < -0.39 is 0 Å². The fourth-order valence-electron chi connectivity index (χ4n) is 3.57. The fourth-order valence-corrected chi connectivity index (χ4v) is 3.57. The second kappa shape index (κ2) is 17.6. The van der Waals surface area contributed by atoms with Gasteiger partial charge in [-0.1, -0.05) is 96.9 Å². The summed E-state index contributed by atoms with van der Waals surface area (Å²) in [4.78, 5) is 0. The Labute approximate surface area is 205 Å². The maximum atomic E-state index is 5.87. The second-order valence-electron chi connectivity index (χ2n) is 9.62. The first kappa shape index (κ1) is 31.2. The van der Waals surface area contributed by atoms with Gasteiger partial charge >= 0.3 is 0 Å². The molecule has 0 fully saturated rings. The van der Waals surface area contributed by atoms with Crippen molar-refractivity contribution in [2.24, 2.45) is 0 Å². The van der Waals surface area contributed by atoms with E-state index in [9.17, 15) is 0 Å². The molecular formula is C30H52NO2+. The number of quaternary nitrogens is 1. The minimum atomic E-state index is 0.218. The first-order chi connectivity index (χ1) is 15.7. The maximum Gasteiger partial charge on any atom is 0.119 e. The van der Waals surface area contributed by atoms with Crippen LogP contribution in [0.2, 0.25) is 0 Å². The summed E-state index contributed by atoms with van der Waals surface area (Å²) in [6.45, 7) is 20.7. The van der Waals surface area contributed by atoms with E-state index >= 15 is 0 Å². The van der Waals surface area contributed by atoms with Crippen molar-refractivity contribution >= 4 is 0 Å². The van der Waals surface area contributed by atoms with E-state index in [1.165, 1.54) is 36.8 Å². The van der Waals surface area contributed by atoms with E-state index in [0.717, 1.165) is 29.9 Å². The summed E-state index contributed by atoms with van der Waals surface area (Å²) < 4.78 is 12.6. The third kappa shape index (κ3) is 14.1. The lowest BCUT2D eigenvalue weighted by molar-refractivity contribution is -0.885. The molecule has 0 aromatic heterocycles. The Morgan fingerprint density at radius 2 is 1.70 bits per heavy atom. The molecule has 0 amide bonds. The Hall–Kier alpha value is -1.84. The van der Waals surface area contributed by atoms with Gasteiger partial charge in [0.2, 0.25) is 0 Å². The van der Waals surface area contributed by atoms with Gasteiger partial charge in [0.15, 0.2) is 0 Å². The van der Waals surface area contributed by atoms with Crippen LogP contribution in [0.4, 0.5) is 0 Å². The summed E-state index contributed by atoms with van der Waals surface area (Å²) in [5.41, 5.74) is 2.84. The molecule has 0 atom stereocenters. The van der Waals surface area contributed by atoms with Crippen molar-refractivity contribution in [3.05, 3.63) is 66.3 Å². The predicted octanol–water partition coefficient (Wildman–Crippen LogP) is 7.73. The number of likely N-dealkylation sites (N-methyl/N-ethyl adjacent to an activating group) is 1. The highest BCUT2D eigenvalue weighted by molar-refractivity contribution is 5.31. The summed E-state index contributed by atoms with van der Waals surface area (Å²) in [7, 11) is 4.44. The van der Waals surface area contributed by atoms with Crippen LogP contribution in [0, 0.1) is 0 Å². The molecule has 0 N–H and O–H groups in total. The predicted molar refractivity (Wildman–Crippen MR) is 146 cm³/mol. The molecule has 0 spiro atoms. The van der Waals surface area contributed by atoms with Crippen LogP contribution in [-0.2, 0) is 10.2 Å². The molecule has 0 aliphatic heterocycles. The monoisotopic (exact) mass is 458 g/mol. The van der Waals surface area contributed by atoms with Crippen LogP contribution >= 0.6 is 0 Å². The van der Waals surface area contributed by atoms with Gasteiger partial charge in [0, 0.05) is 5.57 Å². The van der Waals surface area contributed by atoms with Crippen molar-refractivity contribution in [3.63, 3.8) is 0 Å². The number of unbranched alkanes of at least 4 members (excludes halogenated alkanes) is 2. The van der Waals surface area contributed by atoms with Crippen molar-refractivity contribution in [1.29, 1.82) is 0 Å². The van der Waals surface area contributed by atoms with Crippen LogP contribution in [0.3, 0.4) is 0 Å². The first-order valence-corrected chi connectivity index (χ1v) is 12.8. The standard InChI is InChI=1S/C28H46NO2.C2H6/c1-8-11-13-19-28(4,5)26-15-17-27(18-16-26)31-23-22-30-21-20-29(6,7)24-25(10-3)14-12-9-2;1-2/h9-10,12,14-18H,3,8,11,13,19-24H2,1-2,4-7H3;1-2H3/q+1;/b12-9-,25-14+;. The molecule has 1 aromatic carbocycles.